The Balaban J connectivity index is 1.90. The number of nitrogens with zero attached hydrogens (tertiary/aromatic N) is 1. The lowest BCUT2D eigenvalue weighted by atomic mass is 10.1. The maximum atomic E-state index is 4.41. The van der Waals surface area contributed by atoms with Gasteiger partial charge in [0.1, 0.15) is 0 Å². The maximum absolute atomic E-state index is 4.41. The number of aromatic nitrogens is 1. The van der Waals surface area contributed by atoms with Crippen molar-refractivity contribution in [3.05, 3.63) is 36.5 Å². The van der Waals surface area contributed by atoms with Gasteiger partial charge in [0.05, 0.1) is 5.52 Å². The first-order valence-corrected chi connectivity index (χ1v) is 7.61. The minimum absolute atomic E-state index is 0.578. The van der Waals surface area contributed by atoms with E-state index in [2.05, 4.69) is 53.3 Å². The van der Waals surface area contributed by atoms with Gasteiger partial charge in [-0.1, -0.05) is 13.0 Å². The average molecular weight is 258 g/mol. The van der Waals surface area contributed by atoms with Crippen molar-refractivity contribution in [2.45, 2.75) is 31.1 Å². The summed E-state index contributed by atoms with van der Waals surface area (Å²) in [5.41, 5.74) is 2.29. The molecule has 1 aromatic carbocycles. The van der Waals surface area contributed by atoms with Crippen LogP contribution in [0.4, 0.5) is 5.69 Å². The highest BCUT2D eigenvalue weighted by Gasteiger charge is 2.21. The third-order valence-corrected chi connectivity index (χ3v) is 4.97. The van der Waals surface area contributed by atoms with Gasteiger partial charge in [0.15, 0.2) is 0 Å². The van der Waals surface area contributed by atoms with Gasteiger partial charge in [-0.15, -0.1) is 0 Å². The van der Waals surface area contributed by atoms with Crippen molar-refractivity contribution < 1.29 is 0 Å². The molecular formula is C15H18N2S. The number of thioether (sulfide) groups is 1. The molecule has 1 N–H and O–H groups in total. The number of rotatable bonds is 2. The molecule has 0 spiro atoms. The summed E-state index contributed by atoms with van der Waals surface area (Å²) in [5.74, 6) is 1.30. The Bertz CT molecular complexity index is 536. The molecule has 1 aromatic heterocycles. The highest BCUT2D eigenvalue weighted by atomic mass is 32.2. The Morgan fingerprint density at radius 2 is 2.22 bits per heavy atom. The lowest BCUT2D eigenvalue weighted by Crippen LogP contribution is -2.32. The zero-order valence-corrected chi connectivity index (χ0v) is 11.4. The van der Waals surface area contributed by atoms with Crippen molar-refractivity contribution in [2.24, 2.45) is 0 Å². The molecule has 3 heteroatoms. The van der Waals surface area contributed by atoms with Gasteiger partial charge >= 0.3 is 0 Å². The molecule has 2 atom stereocenters. The summed E-state index contributed by atoms with van der Waals surface area (Å²) >= 11 is 2.07. The minimum atomic E-state index is 0.578. The second-order valence-electron chi connectivity index (χ2n) is 4.84. The van der Waals surface area contributed by atoms with Crippen LogP contribution >= 0.6 is 11.8 Å². The van der Waals surface area contributed by atoms with Crippen LogP contribution in [0.15, 0.2) is 36.5 Å². The zero-order valence-electron chi connectivity index (χ0n) is 10.6. The van der Waals surface area contributed by atoms with E-state index in [4.69, 9.17) is 0 Å². The van der Waals surface area contributed by atoms with E-state index in [1.54, 1.807) is 0 Å². The first-order valence-electron chi connectivity index (χ1n) is 6.56. The quantitative estimate of drug-likeness (QED) is 0.883. The monoisotopic (exact) mass is 258 g/mol. The Hall–Kier alpha value is -1.22. The minimum Gasteiger partial charge on any atom is -0.381 e. The fourth-order valence-corrected chi connectivity index (χ4v) is 3.68. The molecule has 0 bridgehead atoms. The molecule has 1 aliphatic heterocycles. The number of benzene rings is 1. The summed E-state index contributed by atoms with van der Waals surface area (Å²) < 4.78 is 0. The highest BCUT2D eigenvalue weighted by molar-refractivity contribution is 8.00. The van der Waals surface area contributed by atoms with Crippen LogP contribution in [-0.4, -0.2) is 22.0 Å². The Morgan fingerprint density at radius 3 is 3.11 bits per heavy atom. The van der Waals surface area contributed by atoms with E-state index >= 15 is 0 Å². The average Bonchev–Trinajstić information content (AvgIpc) is 2.42. The maximum Gasteiger partial charge on any atom is 0.0722 e. The van der Waals surface area contributed by atoms with Gasteiger partial charge in [-0.25, -0.2) is 0 Å². The van der Waals surface area contributed by atoms with Crippen molar-refractivity contribution >= 4 is 28.4 Å². The predicted octanol–water partition coefficient (Wildman–Crippen LogP) is 3.93. The highest BCUT2D eigenvalue weighted by Crippen LogP contribution is 2.30. The molecule has 18 heavy (non-hydrogen) atoms. The van der Waals surface area contributed by atoms with Crippen LogP contribution in [0.5, 0.6) is 0 Å². The van der Waals surface area contributed by atoms with Crippen LogP contribution in [0.1, 0.15) is 19.8 Å². The molecule has 0 radical (unpaired) electrons. The molecule has 1 fully saturated rings. The molecule has 2 heterocycles. The number of fused-ring (bicyclic) bond motifs is 1. The van der Waals surface area contributed by atoms with Crippen LogP contribution < -0.4 is 5.32 Å². The predicted molar refractivity (Wildman–Crippen MR) is 80.3 cm³/mol. The molecule has 0 amide bonds. The van der Waals surface area contributed by atoms with Crippen molar-refractivity contribution in [1.29, 1.82) is 0 Å². The van der Waals surface area contributed by atoms with Gasteiger partial charge in [-0.05, 0) is 42.9 Å². The Labute approximate surface area is 112 Å². The molecule has 2 unspecified atom stereocenters. The van der Waals surface area contributed by atoms with Crippen molar-refractivity contribution in [1.82, 2.24) is 4.98 Å². The van der Waals surface area contributed by atoms with E-state index in [0.717, 1.165) is 5.52 Å². The zero-order chi connectivity index (χ0) is 12.4. The topological polar surface area (TPSA) is 24.9 Å². The first kappa shape index (κ1) is 11.8. The van der Waals surface area contributed by atoms with Gasteiger partial charge in [-0.2, -0.15) is 11.8 Å². The molecular weight excluding hydrogens is 240 g/mol. The normalized spacial score (nSPS) is 24.1. The van der Waals surface area contributed by atoms with E-state index in [1.165, 1.54) is 29.7 Å². The lowest BCUT2D eigenvalue weighted by molar-refractivity contribution is 0.618. The third kappa shape index (κ3) is 2.32. The van der Waals surface area contributed by atoms with E-state index in [1.807, 2.05) is 12.3 Å². The largest absolute Gasteiger partial charge is 0.381 e. The van der Waals surface area contributed by atoms with E-state index in [-0.39, 0.29) is 0 Å². The molecule has 94 valence electrons. The Morgan fingerprint density at radius 1 is 1.28 bits per heavy atom. The van der Waals surface area contributed by atoms with Crippen molar-refractivity contribution in [3.8, 4) is 0 Å². The summed E-state index contributed by atoms with van der Waals surface area (Å²) in [6.45, 7) is 2.32. The molecule has 0 saturated carbocycles. The standard InChI is InChI=1S/C15H18N2S/c1-11-13(8-4-10-18-11)17-15-7-2-6-14-12(15)5-3-9-16-14/h2-3,5-7,9,11,13,17H,4,8,10H2,1H3. The second kappa shape index (κ2) is 5.19. The van der Waals surface area contributed by atoms with Crippen LogP contribution in [0, 0.1) is 0 Å². The van der Waals surface area contributed by atoms with Crippen LogP contribution in [0.2, 0.25) is 0 Å². The fraction of sp³-hybridized carbons (Fsp3) is 0.400. The van der Waals surface area contributed by atoms with E-state index in [0.29, 0.717) is 11.3 Å². The van der Waals surface area contributed by atoms with Crippen molar-refractivity contribution in [3.63, 3.8) is 0 Å². The molecule has 2 aromatic rings. The van der Waals surface area contributed by atoms with Gasteiger partial charge in [0, 0.05) is 28.6 Å². The molecule has 1 aliphatic rings. The van der Waals surface area contributed by atoms with Crippen LogP contribution in [-0.2, 0) is 0 Å². The van der Waals surface area contributed by atoms with Crippen LogP contribution in [0.25, 0.3) is 10.9 Å². The number of pyridine rings is 1. The smallest absolute Gasteiger partial charge is 0.0722 e. The SMILES string of the molecule is CC1SCCCC1Nc1cccc2ncccc12. The Kier molecular flexibility index (Phi) is 3.41. The summed E-state index contributed by atoms with van der Waals surface area (Å²) in [7, 11) is 0. The molecule has 3 rings (SSSR count). The number of anilines is 1. The number of nitrogens with one attached hydrogen (secondary N) is 1. The van der Waals surface area contributed by atoms with Crippen molar-refractivity contribution in [2.75, 3.05) is 11.1 Å². The molecule has 2 nitrogen and oxygen atoms in total. The van der Waals surface area contributed by atoms with Crippen LogP contribution in [0.3, 0.4) is 0 Å². The van der Waals surface area contributed by atoms with E-state index in [9.17, 15) is 0 Å². The van der Waals surface area contributed by atoms with E-state index < -0.39 is 0 Å². The lowest BCUT2D eigenvalue weighted by Gasteiger charge is -2.30. The van der Waals surface area contributed by atoms with Gasteiger partial charge in [0.2, 0.25) is 0 Å². The third-order valence-electron chi connectivity index (χ3n) is 3.59. The molecule has 0 aliphatic carbocycles. The van der Waals surface area contributed by atoms with Gasteiger partial charge in [-0.3, -0.25) is 4.98 Å². The molecule has 1 saturated heterocycles. The summed E-state index contributed by atoms with van der Waals surface area (Å²) in [4.78, 5) is 4.41. The summed E-state index contributed by atoms with van der Waals surface area (Å²) in [6.07, 6.45) is 4.44. The second-order valence-corrected chi connectivity index (χ2v) is 6.33. The number of hydrogen-bond donors (Lipinski definition) is 1. The van der Waals surface area contributed by atoms with Gasteiger partial charge < -0.3 is 5.32 Å². The summed E-state index contributed by atoms with van der Waals surface area (Å²) in [6, 6.07) is 11.0. The van der Waals surface area contributed by atoms with Gasteiger partial charge in [0.25, 0.3) is 0 Å². The first-order chi connectivity index (χ1) is 8.84. The fourth-order valence-electron chi connectivity index (χ4n) is 2.54. The summed E-state index contributed by atoms with van der Waals surface area (Å²) in [5, 5.41) is 5.62. The number of hydrogen-bond acceptors (Lipinski definition) is 3.